The number of β-amino-alcohol motifs (C(OH)–C–C–N with tert-alkyl or cyclic N) is 1. The van der Waals surface area contributed by atoms with E-state index in [1.54, 1.807) is 6.08 Å². The normalized spacial score (nSPS) is 22.6. The number of benzene rings is 1. The van der Waals surface area contributed by atoms with E-state index in [-0.39, 0.29) is 36.4 Å². The second-order valence-electron chi connectivity index (χ2n) is 12.5. The number of hydrogen-bond donors (Lipinski definition) is 4. The first-order valence-corrected chi connectivity index (χ1v) is 16.1. The molecule has 1 aromatic rings. The smallest absolute Gasteiger partial charge is 0.271 e. The maximum absolute atomic E-state index is 13.3. The van der Waals surface area contributed by atoms with E-state index in [0.717, 1.165) is 63.9 Å². The van der Waals surface area contributed by atoms with Crippen molar-refractivity contribution in [3.63, 3.8) is 0 Å². The van der Waals surface area contributed by atoms with Crippen molar-refractivity contribution in [2.75, 3.05) is 39.4 Å². The number of rotatable bonds is 11. The molecule has 3 aliphatic heterocycles. The monoisotopic (exact) mass is 591 g/mol. The van der Waals surface area contributed by atoms with Crippen LogP contribution in [0.4, 0.5) is 0 Å². The molecule has 11 heteroatoms. The van der Waals surface area contributed by atoms with Gasteiger partial charge in [-0.2, -0.15) is 0 Å². The highest BCUT2D eigenvalue weighted by atomic mass is 16.6. The van der Waals surface area contributed by atoms with E-state index in [2.05, 4.69) is 49.2 Å². The molecule has 1 atom stereocenters. The van der Waals surface area contributed by atoms with Gasteiger partial charge in [0.05, 0.1) is 6.10 Å². The average Bonchev–Trinajstić information content (AvgIpc) is 3.73. The Hall–Kier alpha value is -3.44. The van der Waals surface area contributed by atoms with Crippen LogP contribution in [-0.2, 0) is 27.4 Å². The Morgan fingerprint density at radius 1 is 1.07 bits per heavy atom. The van der Waals surface area contributed by atoms with Crippen molar-refractivity contribution >= 4 is 23.2 Å². The predicted molar refractivity (Wildman–Crippen MR) is 164 cm³/mol. The lowest BCUT2D eigenvalue weighted by molar-refractivity contribution is -0.125. The van der Waals surface area contributed by atoms with Crippen molar-refractivity contribution in [3.8, 4) is 0 Å². The van der Waals surface area contributed by atoms with E-state index in [9.17, 15) is 14.7 Å². The minimum absolute atomic E-state index is 0.0207. The number of aliphatic hydroxyl groups is 1. The highest BCUT2D eigenvalue weighted by molar-refractivity contribution is 6.43. The molecular weight excluding hydrogens is 546 g/mol. The molecule has 3 heterocycles. The number of oxime groups is 1. The molecule has 0 bridgehead atoms. The summed E-state index contributed by atoms with van der Waals surface area (Å²) < 4.78 is 0. The fraction of sp³-hybridized carbons (Fsp3) is 0.625. The maximum Gasteiger partial charge on any atom is 0.271 e. The summed E-state index contributed by atoms with van der Waals surface area (Å²) in [5.41, 5.74) is 3.61. The zero-order valence-electron chi connectivity index (χ0n) is 25.0. The Bertz CT molecular complexity index is 1250. The number of carbonyl (C=O) groups excluding carboxylic acids is 2. The molecule has 1 saturated heterocycles. The van der Waals surface area contributed by atoms with Crippen LogP contribution in [0, 0.1) is 5.92 Å². The molecule has 0 spiro atoms. The number of nitrogens with one attached hydrogen (secondary N) is 3. The largest absolute Gasteiger partial charge is 0.392 e. The number of likely N-dealkylation sites (tertiary alicyclic amines) is 1. The first-order valence-electron chi connectivity index (χ1n) is 16.1. The first kappa shape index (κ1) is 29.6. The molecule has 3 fully saturated rings. The molecular formula is C32H45N7O4. The molecule has 4 N–H and O–H groups in total. The number of aliphatic hydroxyl groups excluding tert-OH is 1. The van der Waals surface area contributed by atoms with Crippen LogP contribution in [0.5, 0.6) is 0 Å². The molecule has 5 aliphatic rings. The van der Waals surface area contributed by atoms with Crippen molar-refractivity contribution < 1.29 is 19.5 Å². The van der Waals surface area contributed by atoms with Gasteiger partial charge in [-0.25, -0.2) is 0 Å². The summed E-state index contributed by atoms with van der Waals surface area (Å²) in [5, 5.41) is 24.5. The van der Waals surface area contributed by atoms with E-state index < -0.39 is 6.10 Å². The fourth-order valence-electron chi connectivity index (χ4n) is 6.43. The molecule has 2 aliphatic carbocycles. The number of piperidine rings is 1. The van der Waals surface area contributed by atoms with Crippen LogP contribution in [0.25, 0.3) is 0 Å². The van der Waals surface area contributed by atoms with Crippen LogP contribution in [0.15, 0.2) is 46.3 Å². The first-order chi connectivity index (χ1) is 21.0. The van der Waals surface area contributed by atoms with Crippen LogP contribution < -0.4 is 16.0 Å². The Morgan fingerprint density at radius 2 is 1.84 bits per heavy atom. The molecule has 1 aromatic carbocycles. The topological polar surface area (TPSA) is 131 Å². The number of carbonyl (C=O) groups is 2. The van der Waals surface area contributed by atoms with Crippen molar-refractivity contribution in [3.05, 3.63) is 47.3 Å². The summed E-state index contributed by atoms with van der Waals surface area (Å²) in [4.78, 5) is 40.3. The van der Waals surface area contributed by atoms with Gasteiger partial charge in [0.2, 0.25) is 0 Å². The van der Waals surface area contributed by atoms with Crippen molar-refractivity contribution in [1.29, 1.82) is 0 Å². The van der Waals surface area contributed by atoms with Gasteiger partial charge < -0.3 is 30.8 Å². The van der Waals surface area contributed by atoms with Crippen LogP contribution in [-0.4, -0.2) is 95.8 Å². The number of hydrogen-bond acceptors (Lipinski definition) is 9. The molecule has 0 aromatic heterocycles. The Labute approximate surface area is 253 Å². The summed E-state index contributed by atoms with van der Waals surface area (Å²) in [7, 11) is 0. The van der Waals surface area contributed by atoms with Crippen molar-refractivity contribution in [2.45, 2.75) is 82.6 Å². The second-order valence-corrected chi connectivity index (χ2v) is 12.5. The van der Waals surface area contributed by atoms with Crippen LogP contribution in [0.1, 0.15) is 62.5 Å². The minimum Gasteiger partial charge on any atom is -0.392 e. The van der Waals surface area contributed by atoms with Gasteiger partial charge in [-0.1, -0.05) is 29.4 Å². The van der Waals surface area contributed by atoms with Crippen molar-refractivity contribution in [2.24, 2.45) is 16.1 Å². The molecule has 0 radical (unpaired) electrons. The van der Waals surface area contributed by atoms with Gasteiger partial charge in [0.15, 0.2) is 0 Å². The van der Waals surface area contributed by atoms with Crippen LogP contribution >= 0.6 is 0 Å². The van der Waals surface area contributed by atoms with E-state index >= 15 is 0 Å². The highest BCUT2D eigenvalue weighted by Gasteiger charge is 2.37. The predicted octanol–water partition coefficient (Wildman–Crippen LogP) is 1.67. The van der Waals surface area contributed by atoms with E-state index in [0.29, 0.717) is 37.7 Å². The van der Waals surface area contributed by atoms with Gasteiger partial charge in [-0.15, -0.1) is 0 Å². The minimum atomic E-state index is -0.661. The van der Waals surface area contributed by atoms with Gasteiger partial charge in [0.1, 0.15) is 30.0 Å². The lowest BCUT2D eigenvalue weighted by atomic mass is 10.00. The SMILES string of the molecule is O=C(NC[C@H](O)CN1CCc2ccccc2C1)C1=NCNC(NC2CCN(C(=O)C(=NOC3CCCC3)C3CC3)CC2)=C1. The summed E-state index contributed by atoms with van der Waals surface area (Å²) in [6.45, 7) is 4.00. The van der Waals surface area contributed by atoms with E-state index in [4.69, 9.17) is 4.84 Å². The van der Waals surface area contributed by atoms with Crippen molar-refractivity contribution in [1.82, 2.24) is 25.8 Å². The molecule has 2 saturated carbocycles. The number of aliphatic imine (C=N–C) groups is 1. The summed E-state index contributed by atoms with van der Waals surface area (Å²) >= 11 is 0. The summed E-state index contributed by atoms with van der Waals surface area (Å²) in [6.07, 6.45) is 10.2. The molecule has 232 valence electrons. The number of nitrogens with zero attached hydrogens (tertiary/aromatic N) is 4. The van der Waals surface area contributed by atoms with E-state index in [1.807, 2.05) is 11.0 Å². The van der Waals surface area contributed by atoms with Crippen LogP contribution in [0.3, 0.4) is 0 Å². The Balaban J connectivity index is 0.929. The summed E-state index contributed by atoms with van der Waals surface area (Å²) in [5.74, 6) is 0.722. The van der Waals surface area contributed by atoms with Gasteiger partial charge >= 0.3 is 0 Å². The van der Waals surface area contributed by atoms with Gasteiger partial charge in [-0.3, -0.25) is 19.5 Å². The molecule has 2 amide bonds. The zero-order valence-corrected chi connectivity index (χ0v) is 25.0. The molecule has 11 nitrogen and oxygen atoms in total. The van der Waals surface area contributed by atoms with Gasteiger partial charge in [0.25, 0.3) is 11.8 Å². The Morgan fingerprint density at radius 3 is 2.60 bits per heavy atom. The lowest BCUT2D eigenvalue weighted by Crippen LogP contribution is -2.49. The standard InChI is InChI=1S/C32H45N7O4/c40-26(20-38-14-11-22-5-1-2-6-24(22)19-38)18-33-31(41)28-17-29(35-21-34-28)36-25-12-15-39(16-13-25)32(42)30(23-9-10-23)37-43-27-7-3-4-8-27/h1-2,5-6,17,23,25-27,35-36,40H,3-4,7-16,18-21H2,(H,33,41)/t26-/m0/s1. The third kappa shape index (κ3) is 7.94. The van der Waals surface area contributed by atoms with Gasteiger partial charge in [-0.05, 0) is 68.9 Å². The third-order valence-corrected chi connectivity index (χ3v) is 9.14. The quantitative estimate of drug-likeness (QED) is 0.228. The lowest BCUT2D eigenvalue weighted by Gasteiger charge is -2.34. The number of amides is 2. The van der Waals surface area contributed by atoms with Crippen LogP contribution in [0.2, 0.25) is 0 Å². The van der Waals surface area contributed by atoms with E-state index in [1.165, 1.54) is 24.0 Å². The summed E-state index contributed by atoms with van der Waals surface area (Å²) in [6, 6.07) is 8.60. The Kier molecular flexibility index (Phi) is 9.58. The number of fused-ring (bicyclic) bond motifs is 1. The fourth-order valence-corrected chi connectivity index (χ4v) is 6.43. The average molecular weight is 592 g/mol. The second kappa shape index (κ2) is 13.9. The molecule has 0 unspecified atom stereocenters. The highest BCUT2D eigenvalue weighted by Crippen LogP contribution is 2.32. The van der Waals surface area contributed by atoms with Gasteiger partial charge in [0, 0.05) is 57.3 Å². The third-order valence-electron chi connectivity index (χ3n) is 9.14. The zero-order chi connectivity index (χ0) is 29.6. The molecule has 6 rings (SSSR count). The maximum atomic E-state index is 13.3. The molecule has 43 heavy (non-hydrogen) atoms.